The summed E-state index contributed by atoms with van der Waals surface area (Å²) in [6.07, 6.45) is 0.683. The van der Waals surface area contributed by atoms with Gasteiger partial charge in [0.25, 0.3) is 5.91 Å². The fraction of sp³-hybridized carbons (Fsp3) is 0.364. The Labute approximate surface area is 168 Å². The topological polar surface area (TPSA) is 43.9 Å². The highest BCUT2D eigenvalue weighted by Crippen LogP contribution is 2.34. The first-order chi connectivity index (χ1) is 13.8. The zero-order valence-electron chi connectivity index (χ0n) is 16.5. The maximum Gasteiger partial charge on any atom is 0.254 e. The normalized spacial score (nSPS) is 22.6. The second kappa shape index (κ2) is 7.22. The number of nitrogens with zero attached hydrogens (tertiary/aromatic N) is 3. The third kappa shape index (κ3) is 3.51. The van der Waals surface area contributed by atoms with Crippen LogP contribution in [0.2, 0.25) is 0 Å². The average Bonchev–Trinajstić information content (AvgIpc) is 3.12. The fourth-order valence-corrected chi connectivity index (χ4v) is 4.22. The molecule has 152 valence electrons. The van der Waals surface area contributed by atoms with Crippen LogP contribution in [-0.4, -0.2) is 60.4 Å². The molecule has 0 radical (unpaired) electrons. The fourth-order valence-electron chi connectivity index (χ4n) is 4.22. The van der Waals surface area contributed by atoms with Crippen molar-refractivity contribution >= 4 is 17.5 Å². The Balaban J connectivity index is 1.56. The van der Waals surface area contributed by atoms with Crippen molar-refractivity contribution in [3.05, 3.63) is 65.2 Å². The van der Waals surface area contributed by atoms with E-state index in [0.717, 1.165) is 0 Å². The molecule has 5 nitrogen and oxygen atoms in total. The lowest BCUT2D eigenvalue weighted by Crippen LogP contribution is -2.64. The zero-order chi connectivity index (χ0) is 20.8. The predicted molar refractivity (Wildman–Crippen MR) is 106 cm³/mol. The first-order valence-electron chi connectivity index (χ1n) is 9.62. The van der Waals surface area contributed by atoms with Crippen molar-refractivity contribution in [2.45, 2.75) is 18.9 Å². The van der Waals surface area contributed by atoms with Crippen LogP contribution in [0.4, 0.5) is 14.5 Å². The number of rotatable bonds is 2. The predicted octanol–water partition coefficient (Wildman–Crippen LogP) is 2.84. The first-order valence-corrected chi connectivity index (χ1v) is 9.62. The molecule has 4 rings (SSSR count). The molecule has 1 unspecified atom stereocenters. The molecule has 2 fully saturated rings. The van der Waals surface area contributed by atoms with Crippen LogP contribution in [0.15, 0.2) is 42.5 Å². The Morgan fingerprint density at radius 2 is 1.90 bits per heavy atom. The maximum atomic E-state index is 13.9. The Hall–Kier alpha value is -2.80. The molecule has 2 saturated heterocycles. The Morgan fingerprint density at radius 1 is 1.10 bits per heavy atom. The minimum Gasteiger partial charge on any atom is -0.337 e. The molecular weight excluding hydrogens is 376 g/mol. The van der Waals surface area contributed by atoms with E-state index < -0.39 is 17.2 Å². The minimum atomic E-state index is -0.418. The van der Waals surface area contributed by atoms with Gasteiger partial charge in [0, 0.05) is 30.9 Å². The number of amides is 2. The van der Waals surface area contributed by atoms with Crippen LogP contribution < -0.4 is 4.90 Å². The molecule has 1 spiro atoms. The van der Waals surface area contributed by atoms with Crippen LogP contribution in [0, 0.1) is 18.6 Å². The van der Waals surface area contributed by atoms with Gasteiger partial charge in [0.2, 0.25) is 5.91 Å². The average molecular weight is 399 g/mol. The van der Waals surface area contributed by atoms with E-state index in [2.05, 4.69) is 0 Å². The van der Waals surface area contributed by atoms with Gasteiger partial charge in [-0.1, -0.05) is 12.1 Å². The molecule has 0 bridgehead atoms. The largest absolute Gasteiger partial charge is 0.337 e. The van der Waals surface area contributed by atoms with Gasteiger partial charge in [0.15, 0.2) is 0 Å². The number of hydrogen-bond donors (Lipinski definition) is 0. The molecule has 0 aliphatic carbocycles. The lowest BCUT2D eigenvalue weighted by Gasteiger charge is -2.46. The summed E-state index contributed by atoms with van der Waals surface area (Å²) in [6.45, 7) is 3.17. The summed E-state index contributed by atoms with van der Waals surface area (Å²) >= 11 is 0. The van der Waals surface area contributed by atoms with Gasteiger partial charge < -0.3 is 9.80 Å². The summed E-state index contributed by atoms with van der Waals surface area (Å²) in [4.78, 5) is 30.8. The summed E-state index contributed by atoms with van der Waals surface area (Å²) < 4.78 is 27.6. The smallest absolute Gasteiger partial charge is 0.254 e. The molecule has 7 heteroatoms. The number of carbonyl (C=O) groups is 2. The van der Waals surface area contributed by atoms with Crippen LogP contribution in [0.3, 0.4) is 0 Å². The lowest BCUT2D eigenvalue weighted by molar-refractivity contribution is -0.123. The van der Waals surface area contributed by atoms with Gasteiger partial charge in [-0.25, -0.2) is 8.78 Å². The van der Waals surface area contributed by atoms with Gasteiger partial charge in [-0.15, -0.1) is 0 Å². The van der Waals surface area contributed by atoms with Crippen LogP contribution in [0.5, 0.6) is 0 Å². The number of aryl methyl sites for hydroxylation is 1. The number of likely N-dealkylation sites (tertiary alicyclic amines) is 1. The summed E-state index contributed by atoms with van der Waals surface area (Å²) in [5.74, 6) is -1.12. The Morgan fingerprint density at radius 3 is 2.62 bits per heavy atom. The highest BCUT2D eigenvalue weighted by atomic mass is 19.1. The van der Waals surface area contributed by atoms with Gasteiger partial charge in [-0.2, -0.15) is 0 Å². The molecule has 2 aliphatic heterocycles. The zero-order valence-corrected chi connectivity index (χ0v) is 16.5. The minimum absolute atomic E-state index is 0.103. The number of hydrogen-bond acceptors (Lipinski definition) is 3. The van der Waals surface area contributed by atoms with E-state index in [1.165, 1.54) is 18.2 Å². The van der Waals surface area contributed by atoms with E-state index in [1.54, 1.807) is 41.0 Å². The monoisotopic (exact) mass is 399 g/mol. The molecule has 2 amide bonds. The first kappa shape index (κ1) is 19.5. The van der Waals surface area contributed by atoms with E-state index in [9.17, 15) is 18.4 Å². The lowest BCUT2D eigenvalue weighted by atomic mass is 9.92. The number of piperazine rings is 1. The molecule has 1 atom stereocenters. The van der Waals surface area contributed by atoms with Crippen molar-refractivity contribution in [2.75, 3.05) is 38.1 Å². The van der Waals surface area contributed by atoms with Crippen molar-refractivity contribution in [3.63, 3.8) is 0 Å². The molecule has 0 N–H and O–H groups in total. The van der Waals surface area contributed by atoms with E-state index in [-0.39, 0.29) is 18.4 Å². The van der Waals surface area contributed by atoms with Crippen molar-refractivity contribution in [2.24, 2.45) is 0 Å². The Kier molecular flexibility index (Phi) is 4.86. The maximum absolute atomic E-state index is 13.9. The van der Waals surface area contributed by atoms with Crippen LogP contribution in [-0.2, 0) is 4.79 Å². The van der Waals surface area contributed by atoms with E-state index >= 15 is 0 Å². The van der Waals surface area contributed by atoms with Gasteiger partial charge in [0.1, 0.15) is 11.6 Å². The number of benzene rings is 2. The molecule has 2 aromatic carbocycles. The summed E-state index contributed by atoms with van der Waals surface area (Å²) in [6, 6.07) is 10.5. The van der Waals surface area contributed by atoms with Crippen molar-refractivity contribution in [1.82, 2.24) is 9.80 Å². The van der Waals surface area contributed by atoms with Gasteiger partial charge in [0.05, 0.1) is 12.1 Å². The highest BCUT2D eigenvalue weighted by molar-refractivity contribution is 5.97. The van der Waals surface area contributed by atoms with Gasteiger partial charge >= 0.3 is 0 Å². The van der Waals surface area contributed by atoms with Crippen LogP contribution in [0.25, 0.3) is 0 Å². The van der Waals surface area contributed by atoms with Crippen molar-refractivity contribution in [3.8, 4) is 0 Å². The second-order valence-corrected chi connectivity index (χ2v) is 7.98. The molecule has 2 heterocycles. The Bertz CT molecular complexity index is 980. The van der Waals surface area contributed by atoms with Crippen molar-refractivity contribution in [1.29, 1.82) is 0 Å². The standard InChI is InChI=1S/C22H23F2N3O2/c1-15-6-7-16(10-19(15)24)21(29)26-9-8-22(13-26)14-27(20(28)12-25(22)2)18-5-3-4-17(23)11-18/h3-7,10-11H,8-9,12-14H2,1-2H3. The summed E-state index contributed by atoms with van der Waals surface area (Å²) in [5, 5.41) is 0. The molecule has 0 aromatic heterocycles. The second-order valence-electron chi connectivity index (χ2n) is 7.98. The molecule has 29 heavy (non-hydrogen) atoms. The summed E-state index contributed by atoms with van der Waals surface area (Å²) in [7, 11) is 1.88. The SMILES string of the molecule is Cc1ccc(C(=O)N2CCC3(C2)CN(c2cccc(F)c2)C(=O)CN3C)cc1F. The van der Waals surface area contributed by atoms with E-state index in [0.29, 0.717) is 42.9 Å². The van der Waals surface area contributed by atoms with E-state index in [1.807, 2.05) is 11.9 Å². The molecule has 0 saturated carbocycles. The van der Waals surface area contributed by atoms with Crippen LogP contribution >= 0.6 is 0 Å². The number of likely N-dealkylation sites (N-methyl/N-ethyl adjacent to an activating group) is 1. The van der Waals surface area contributed by atoms with Crippen molar-refractivity contribution < 1.29 is 18.4 Å². The molecule has 2 aromatic rings. The molecular formula is C22H23F2N3O2. The van der Waals surface area contributed by atoms with Crippen LogP contribution in [0.1, 0.15) is 22.3 Å². The van der Waals surface area contributed by atoms with E-state index in [4.69, 9.17) is 0 Å². The van der Waals surface area contributed by atoms with Gasteiger partial charge in [-0.3, -0.25) is 14.5 Å². The van der Waals surface area contributed by atoms with Gasteiger partial charge in [-0.05, 0) is 56.3 Å². The number of carbonyl (C=O) groups excluding carboxylic acids is 2. The molecule has 2 aliphatic rings. The number of halogens is 2. The summed E-state index contributed by atoms with van der Waals surface area (Å²) in [5.41, 5.74) is 0.921. The third-order valence-electron chi connectivity index (χ3n) is 6.09. The highest BCUT2D eigenvalue weighted by Gasteiger charge is 2.48. The number of anilines is 1. The quantitative estimate of drug-likeness (QED) is 0.780. The third-order valence-corrected chi connectivity index (χ3v) is 6.09.